The van der Waals surface area contributed by atoms with Gasteiger partial charge in [0, 0.05) is 17.5 Å². The minimum absolute atomic E-state index is 0.0174. The highest BCUT2D eigenvalue weighted by Crippen LogP contribution is 2.24. The molecule has 1 aromatic rings. The summed E-state index contributed by atoms with van der Waals surface area (Å²) in [6, 6.07) is 10.4. The first-order chi connectivity index (χ1) is 9.17. The summed E-state index contributed by atoms with van der Waals surface area (Å²) in [4.78, 5) is 13.3. The van der Waals surface area contributed by atoms with Crippen LogP contribution in [0.3, 0.4) is 0 Å². The van der Waals surface area contributed by atoms with Gasteiger partial charge in [-0.15, -0.1) is 11.8 Å². The maximum absolute atomic E-state index is 12.1. The Hall–Kier alpha value is -1.00. The van der Waals surface area contributed by atoms with E-state index in [0.717, 1.165) is 17.9 Å². The number of carbonyl (C=O) groups is 1. The van der Waals surface area contributed by atoms with Crippen LogP contribution in [-0.2, 0) is 4.79 Å². The summed E-state index contributed by atoms with van der Waals surface area (Å²) in [7, 11) is 0. The Balaban J connectivity index is 2.44. The zero-order valence-electron chi connectivity index (χ0n) is 12.0. The predicted molar refractivity (Wildman–Crippen MR) is 82.5 cm³/mol. The van der Waals surface area contributed by atoms with E-state index in [1.807, 2.05) is 37.3 Å². The summed E-state index contributed by atoms with van der Waals surface area (Å²) in [5.41, 5.74) is 0. The van der Waals surface area contributed by atoms with Crippen LogP contribution in [0.5, 0.6) is 0 Å². The van der Waals surface area contributed by atoms with Gasteiger partial charge >= 0.3 is 0 Å². The maximum Gasteiger partial charge on any atom is 0.233 e. The van der Waals surface area contributed by atoms with Crippen molar-refractivity contribution < 1.29 is 4.79 Å². The van der Waals surface area contributed by atoms with Crippen molar-refractivity contribution in [3.63, 3.8) is 0 Å². The summed E-state index contributed by atoms with van der Waals surface area (Å²) in [5.74, 6) is 0.126. The van der Waals surface area contributed by atoms with Crippen molar-refractivity contribution in [3.8, 4) is 0 Å². The van der Waals surface area contributed by atoms with Crippen molar-refractivity contribution in [2.75, 3.05) is 13.1 Å². The van der Waals surface area contributed by atoms with E-state index in [1.54, 1.807) is 11.8 Å². The minimum Gasteiger partial charge on any atom is -0.354 e. The van der Waals surface area contributed by atoms with Crippen molar-refractivity contribution in [2.24, 2.45) is 0 Å². The lowest BCUT2D eigenvalue weighted by Gasteiger charge is -2.17. The highest BCUT2D eigenvalue weighted by molar-refractivity contribution is 8.00. The van der Waals surface area contributed by atoms with Gasteiger partial charge in [-0.05, 0) is 32.0 Å². The number of rotatable bonds is 8. The summed E-state index contributed by atoms with van der Waals surface area (Å²) < 4.78 is 0. The molecule has 0 fully saturated rings. The maximum atomic E-state index is 12.1. The number of amides is 1. The highest BCUT2D eigenvalue weighted by atomic mass is 32.2. The Labute approximate surface area is 120 Å². The van der Waals surface area contributed by atoms with Crippen LogP contribution < -0.4 is 10.6 Å². The lowest BCUT2D eigenvalue weighted by molar-refractivity contribution is -0.120. The fourth-order valence-electron chi connectivity index (χ4n) is 1.77. The number of likely N-dealkylation sites (N-methyl/N-ethyl adjacent to an activating group) is 1. The molecule has 1 aromatic carbocycles. The molecule has 2 atom stereocenters. The van der Waals surface area contributed by atoms with Crippen LogP contribution in [-0.4, -0.2) is 30.3 Å². The monoisotopic (exact) mass is 280 g/mol. The Bertz CT molecular complexity index is 370. The molecule has 1 unspecified atom stereocenters. The van der Waals surface area contributed by atoms with Gasteiger partial charge in [0.15, 0.2) is 0 Å². The van der Waals surface area contributed by atoms with Crippen LogP contribution in [0.25, 0.3) is 0 Å². The van der Waals surface area contributed by atoms with Crippen LogP contribution in [0.15, 0.2) is 35.2 Å². The smallest absolute Gasteiger partial charge is 0.233 e. The second-order valence-corrected chi connectivity index (χ2v) is 5.81. The second-order valence-electron chi connectivity index (χ2n) is 4.53. The average Bonchev–Trinajstić information content (AvgIpc) is 2.43. The highest BCUT2D eigenvalue weighted by Gasteiger charge is 2.17. The van der Waals surface area contributed by atoms with Crippen LogP contribution in [0.4, 0.5) is 0 Å². The van der Waals surface area contributed by atoms with Gasteiger partial charge in [-0.25, -0.2) is 0 Å². The van der Waals surface area contributed by atoms with E-state index in [2.05, 4.69) is 24.5 Å². The van der Waals surface area contributed by atoms with E-state index in [-0.39, 0.29) is 11.2 Å². The number of thioether (sulfide) groups is 1. The molecule has 3 nitrogen and oxygen atoms in total. The molecule has 0 aromatic heterocycles. The van der Waals surface area contributed by atoms with Crippen molar-refractivity contribution in [2.45, 2.75) is 43.4 Å². The average molecular weight is 280 g/mol. The lowest BCUT2D eigenvalue weighted by atomic mass is 10.3. The molecule has 0 aliphatic rings. The third-order valence-electron chi connectivity index (χ3n) is 2.82. The zero-order valence-corrected chi connectivity index (χ0v) is 12.8. The number of hydrogen-bond acceptors (Lipinski definition) is 3. The van der Waals surface area contributed by atoms with Crippen LogP contribution in [0.1, 0.15) is 27.2 Å². The Morgan fingerprint density at radius 1 is 1.26 bits per heavy atom. The first kappa shape index (κ1) is 16.1. The molecule has 0 aliphatic heterocycles. The Kier molecular flexibility index (Phi) is 7.60. The first-order valence-corrected chi connectivity index (χ1v) is 7.78. The molecule has 0 aliphatic carbocycles. The molecule has 1 amide bonds. The predicted octanol–water partition coefficient (Wildman–Crippen LogP) is 2.67. The van der Waals surface area contributed by atoms with Crippen LogP contribution >= 0.6 is 11.8 Å². The molecule has 106 valence electrons. The first-order valence-electron chi connectivity index (χ1n) is 6.90. The SMILES string of the molecule is CCN[C@H](C)CNC(=O)C(CC)Sc1ccccc1. The van der Waals surface area contributed by atoms with Crippen molar-refractivity contribution in [3.05, 3.63) is 30.3 Å². The van der Waals surface area contributed by atoms with E-state index in [9.17, 15) is 4.79 Å². The second kappa shape index (κ2) is 8.99. The summed E-state index contributed by atoms with van der Waals surface area (Å²) in [5, 5.41) is 6.28. The molecule has 0 spiro atoms. The van der Waals surface area contributed by atoms with Gasteiger partial charge in [0.1, 0.15) is 0 Å². The largest absolute Gasteiger partial charge is 0.354 e. The summed E-state index contributed by atoms with van der Waals surface area (Å²) in [6.45, 7) is 7.80. The molecule has 19 heavy (non-hydrogen) atoms. The molecule has 0 heterocycles. The molecule has 0 saturated carbocycles. The molecule has 0 saturated heterocycles. The number of nitrogens with one attached hydrogen (secondary N) is 2. The van der Waals surface area contributed by atoms with Gasteiger partial charge < -0.3 is 10.6 Å². The third kappa shape index (κ3) is 6.12. The third-order valence-corrected chi connectivity index (χ3v) is 4.20. The number of carbonyl (C=O) groups excluding carboxylic acids is 1. The van der Waals surface area contributed by atoms with Gasteiger partial charge in [0.25, 0.3) is 0 Å². The topological polar surface area (TPSA) is 41.1 Å². The van der Waals surface area contributed by atoms with Crippen LogP contribution in [0.2, 0.25) is 0 Å². The fourth-order valence-corrected chi connectivity index (χ4v) is 2.77. The van der Waals surface area contributed by atoms with Crippen molar-refractivity contribution in [1.82, 2.24) is 10.6 Å². The van der Waals surface area contributed by atoms with Gasteiger partial charge in [-0.1, -0.05) is 32.0 Å². The summed E-state index contributed by atoms with van der Waals surface area (Å²) >= 11 is 1.63. The molecule has 0 radical (unpaired) electrons. The van der Waals surface area contributed by atoms with Gasteiger partial charge in [-0.3, -0.25) is 4.79 Å². The quantitative estimate of drug-likeness (QED) is 0.719. The summed E-state index contributed by atoms with van der Waals surface area (Å²) in [6.07, 6.45) is 0.834. The Morgan fingerprint density at radius 2 is 1.95 bits per heavy atom. The Morgan fingerprint density at radius 3 is 2.53 bits per heavy atom. The molecule has 2 N–H and O–H groups in total. The normalized spacial score (nSPS) is 13.8. The zero-order chi connectivity index (χ0) is 14.1. The van der Waals surface area contributed by atoms with Crippen LogP contribution in [0, 0.1) is 0 Å². The molecule has 4 heteroatoms. The van der Waals surface area contributed by atoms with Crippen molar-refractivity contribution >= 4 is 17.7 Å². The van der Waals surface area contributed by atoms with Gasteiger partial charge in [0.2, 0.25) is 5.91 Å². The minimum atomic E-state index is -0.0174. The standard InChI is InChI=1S/C15H24N2OS/c1-4-14(19-13-9-7-6-8-10-13)15(18)17-11-12(3)16-5-2/h6-10,12,14,16H,4-5,11H2,1-3H3,(H,17,18)/t12-,14?/m1/s1. The van der Waals surface area contributed by atoms with E-state index < -0.39 is 0 Å². The van der Waals surface area contributed by atoms with E-state index in [1.165, 1.54) is 0 Å². The fraction of sp³-hybridized carbons (Fsp3) is 0.533. The molecular weight excluding hydrogens is 256 g/mol. The molecule has 0 bridgehead atoms. The van der Waals surface area contributed by atoms with E-state index in [4.69, 9.17) is 0 Å². The molecule has 1 rings (SSSR count). The number of hydrogen-bond donors (Lipinski definition) is 2. The lowest BCUT2D eigenvalue weighted by Crippen LogP contribution is -2.41. The van der Waals surface area contributed by atoms with E-state index in [0.29, 0.717) is 12.6 Å². The van der Waals surface area contributed by atoms with Crippen molar-refractivity contribution in [1.29, 1.82) is 0 Å². The van der Waals surface area contributed by atoms with Gasteiger partial charge in [-0.2, -0.15) is 0 Å². The molecular formula is C15H24N2OS. The van der Waals surface area contributed by atoms with E-state index >= 15 is 0 Å². The van der Waals surface area contributed by atoms with Gasteiger partial charge in [0.05, 0.1) is 5.25 Å². The number of benzene rings is 1.